The largest absolute Gasteiger partial charge is 0.467 e. The molecule has 0 spiro atoms. The zero-order chi connectivity index (χ0) is 15.1. The number of nitrogens with one attached hydrogen (secondary N) is 1. The van der Waals surface area contributed by atoms with Gasteiger partial charge in [0.15, 0.2) is 0 Å². The number of benzene rings is 1. The van der Waals surface area contributed by atoms with Gasteiger partial charge in [-0.15, -0.1) is 0 Å². The van der Waals surface area contributed by atoms with Crippen LogP contribution in [0.5, 0.6) is 0 Å². The van der Waals surface area contributed by atoms with Gasteiger partial charge in [0.1, 0.15) is 5.76 Å². The Balaban J connectivity index is 2.20. The highest BCUT2D eigenvalue weighted by Crippen LogP contribution is 2.27. The van der Waals surface area contributed by atoms with Crippen molar-refractivity contribution in [3.05, 3.63) is 54.0 Å². The summed E-state index contributed by atoms with van der Waals surface area (Å²) in [5, 5.41) is 3.58. The van der Waals surface area contributed by atoms with Crippen LogP contribution in [0.25, 0.3) is 0 Å². The lowest BCUT2D eigenvalue weighted by Crippen LogP contribution is -2.26. The predicted molar refractivity (Wildman–Crippen MR) is 88.6 cm³/mol. The summed E-state index contributed by atoms with van der Waals surface area (Å²) in [5.74, 6) is 1.00. The van der Waals surface area contributed by atoms with Gasteiger partial charge < -0.3 is 14.6 Å². The van der Waals surface area contributed by atoms with Crippen LogP contribution >= 0.6 is 0 Å². The molecule has 1 heterocycles. The van der Waals surface area contributed by atoms with Crippen LogP contribution < -0.4 is 10.2 Å². The first-order valence-electron chi connectivity index (χ1n) is 7.85. The molecule has 0 bridgehead atoms. The fourth-order valence-corrected chi connectivity index (χ4v) is 2.57. The average Bonchev–Trinajstić information content (AvgIpc) is 3.03. The molecule has 1 N–H and O–H groups in total. The van der Waals surface area contributed by atoms with E-state index in [9.17, 15) is 0 Å². The Labute approximate surface area is 128 Å². The lowest BCUT2D eigenvalue weighted by Gasteiger charge is -2.27. The Hall–Kier alpha value is -1.74. The summed E-state index contributed by atoms with van der Waals surface area (Å²) in [7, 11) is 0. The lowest BCUT2D eigenvalue weighted by molar-refractivity contribution is 0.502. The number of hydrogen-bond acceptors (Lipinski definition) is 3. The molecule has 3 heteroatoms. The number of nitrogens with zero attached hydrogens (tertiary/aromatic N) is 1. The van der Waals surface area contributed by atoms with Gasteiger partial charge in [-0.3, -0.25) is 0 Å². The minimum atomic E-state index is 0.354. The fraction of sp³-hybridized carbons (Fsp3) is 0.444. The first-order chi connectivity index (χ1) is 10.3. The Morgan fingerprint density at radius 2 is 1.95 bits per heavy atom. The maximum absolute atomic E-state index is 5.50. The minimum Gasteiger partial charge on any atom is -0.467 e. The second-order valence-corrected chi connectivity index (χ2v) is 5.33. The highest BCUT2D eigenvalue weighted by atomic mass is 16.3. The minimum absolute atomic E-state index is 0.354. The maximum atomic E-state index is 5.50. The summed E-state index contributed by atoms with van der Waals surface area (Å²) in [6.07, 6.45) is 2.89. The highest BCUT2D eigenvalue weighted by Gasteiger charge is 2.15. The third-order valence-corrected chi connectivity index (χ3v) is 3.75. The zero-order valence-corrected chi connectivity index (χ0v) is 13.3. The summed E-state index contributed by atoms with van der Waals surface area (Å²) in [6, 6.07) is 13.0. The first-order valence-corrected chi connectivity index (χ1v) is 7.85. The van der Waals surface area contributed by atoms with Crippen molar-refractivity contribution in [2.75, 3.05) is 18.0 Å². The normalized spacial score (nSPS) is 12.3. The highest BCUT2D eigenvalue weighted by molar-refractivity contribution is 5.55. The SMILES string of the molecule is CCCNC(C)c1ccccc1N(CC)Cc1ccco1. The molecule has 0 saturated heterocycles. The molecule has 0 radical (unpaired) electrons. The zero-order valence-electron chi connectivity index (χ0n) is 13.3. The van der Waals surface area contributed by atoms with Gasteiger partial charge in [-0.25, -0.2) is 0 Å². The molecule has 1 unspecified atom stereocenters. The summed E-state index contributed by atoms with van der Waals surface area (Å²) < 4.78 is 5.50. The lowest BCUT2D eigenvalue weighted by atomic mass is 10.0. The third kappa shape index (κ3) is 4.11. The molecule has 1 aromatic carbocycles. The molecular weight excluding hydrogens is 260 g/mol. The van der Waals surface area contributed by atoms with E-state index in [2.05, 4.69) is 55.3 Å². The molecule has 0 aliphatic carbocycles. The van der Waals surface area contributed by atoms with Crippen LogP contribution in [-0.2, 0) is 6.54 Å². The molecule has 3 nitrogen and oxygen atoms in total. The van der Waals surface area contributed by atoms with Crippen LogP contribution in [0.3, 0.4) is 0 Å². The molecular formula is C18H26N2O. The van der Waals surface area contributed by atoms with E-state index in [1.54, 1.807) is 6.26 Å². The van der Waals surface area contributed by atoms with Crippen molar-refractivity contribution in [1.29, 1.82) is 0 Å². The van der Waals surface area contributed by atoms with Crippen molar-refractivity contribution in [2.24, 2.45) is 0 Å². The number of para-hydroxylation sites is 1. The predicted octanol–water partition coefficient (Wildman–Crippen LogP) is 4.37. The quantitative estimate of drug-likeness (QED) is 0.781. The van der Waals surface area contributed by atoms with Crippen molar-refractivity contribution in [2.45, 2.75) is 39.8 Å². The first kappa shape index (κ1) is 15.6. The molecule has 21 heavy (non-hydrogen) atoms. The standard InChI is InChI=1S/C18H26N2O/c1-4-12-19-15(3)17-10-6-7-11-18(17)20(5-2)14-16-9-8-13-21-16/h6-11,13,15,19H,4-5,12,14H2,1-3H3. The monoisotopic (exact) mass is 286 g/mol. The van der Waals surface area contributed by atoms with E-state index in [4.69, 9.17) is 4.42 Å². The van der Waals surface area contributed by atoms with Gasteiger partial charge in [0.05, 0.1) is 12.8 Å². The van der Waals surface area contributed by atoms with Gasteiger partial charge in [-0.2, -0.15) is 0 Å². The molecule has 0 amide bonds. The van der Waals surface area contributed by atoms with Crippen molar-refractivity contribution in [3.8, 4) is 0 Å². The average molecular weight is 286 g/mol. The van der Waals surface area contributed by atoms with Crippen LogP contribution in [-0.4, -0.2) is 13.1 Å². The van der Waals surface area contributed by atoms with Crippen LogP contribution in [0.1, 0.15) is 44.6 Å². The third-order valence-electron chi connectivity index (χ3n) is 3.75. The summed E-state index contributed by atoms with van der Waals surface area (Å²) in [4.78, 5) is 2.36. The molecule has 1 aromatic heterocycles. The summed E-state index contributed by atoms with van der Waals surface area (Å²) >= 11 is 0. The van der Waals surface area contributed by atoms with Crippen molar-refractivity contribution in [1.82, 2.24) is 5.32 Å². The van der Waals surface area contributed by atoms with Gasteiger partial charge in [0.2, 0.25) is 0 Å². The van der Waals surface area contributed by atoms with E-state index < -0.39 is 0 Å². The summed E-state index contributed by atoms with van der Waals surface area (Å²) in [5.41, 5.74) is 2.63. The molecule has 0 aliphatic rings. The molecule has 0 saturated carbocycles. The Kier molecular flexibility index (Phi) is 5.88. The van der Waals surface area contributed by atoms with Crippen LogP contribution in [0.2, 0.25) is 0 Å². The van der Waals surface area contributed by atoms with Crippen molar-refractivity contribution < 1.29 is 4.42 Å². The van der Waals surface area contributed by atoms with E-state index in [1.165, 1.54) is 11.3 Å². The second-order valence-electron chi connectivity index (χ2n) is 5.33. The van der Waals surface area contributed by atoms with Gasteiger partial charge in [0.25, 0.3) is 0 Å². The van der Waals surface area contributed by atoms with E-state index in [1.807, 2.05) is 12.1 Å². The Morgan fingerprint density at radius 3 is 2.62 bits per heavy atom. The van der Waals surface area contributed by atoms with Gasteiger partial charge in [-0.05, 0) is 50.6 Å². The molecule has 2 rings (SSSR count). The van der Waals surface area contributed by atoms with Crippen LogP contribution in [0, 0.1) is 0 Å². The van der Waals surface area contributed by atoms with E-state index in [0.717, 1.165) is 31.8 Å². The van der Waals surface area contributed by atoms with Crippen LogP contribution in [0.15, 0.2) is 47.1 Å². The summed E-state index contributed by atoms with van der Waals surface area (Å²) in [6.45, 7) is 9.42. The second kappa shape index (κ2) is 7.89. The van der Waals surface area contributed by atoms with E-state index in [-0.39, 0.29) is 0 Å². The van der Waals surface area contributed by atoms with Gasteiger partial charge >= 0.3 is 0 Å². The molecule has 2 aromatic rings. The fourth-order valence-electron chi connectivity index (χ4n) is 2.57. The Bertz CT molecular complexity index is 522. The van der Waals surface area contributed by atoms with Gasteiger partial charge in [0, 0.05) is 18.3 Å². The number of furan rings is 1. The smallest absolute Gasteiger partial charge is 0.123 e. The molecule has 0 fully saturated rings. The number of hydrogen-bond donors (Lipinski definition) is 1. The van der Waals surface area contributed by atoms with Crippen LogP contribution in [0.4, 0.5) is 5.69 Å². The topological polar surface area (TPSA) is 28.4 Å². The van der Waals surface area contributed by atoms with Gasteiger partial charge in [-0.1, -0.05) is 25.1 Å². The molecule has 0 aliphatic heterocycles. The number of anilines is 1. The Morgan fingerprint density at radius 1 is 1.14 bits per heavy atom. The number of rotatable bonds is 8. The van der Waals surface area contributed by atoms with Crippen molar-refractivity contribution >= 4 is 5.69 Å². The van der Waals surface area contributed by atoms with E-state index in [0.29, 0.717) is 6.04 Å². The van der Waals surface area contributed by atoms with E-state index >= 15 is 0 Å². The maximum Gasteiger partial charge on any atom is 0.123 e. The molecule has 114 valence electrons. The molecule has 1 atom stereocenters. The van der Waals surface area contributed by atoms with Crippen molar-refractivity contribution in [3.63, 3.8) is 0 Å².